The largest absolute Gasteiger partial charge is 0.480 e. The van der Waals surface area contributed by atoms with Crippen molar-refractivity contribution in [1.29, 1.82) is 0 Å². The summed E-state index contributed by atoms with van der Waals surface area (Å²) in [6.45, 7) is 4.72. The molecule has 1 N–H and O–H groups in total. The number of aldehydes is 1. The minimum absolute atomic E-state index is 0.242. The van der Waals surface area contributed by atoms with Crippen molar-refractivity contribution in [1.82, 2.24) is 0 Å². The molecule has 1 unspecified atom stereocenters. The normalized spacial score (nSPS) is 18.6. The molecule has 0 aromatic heterocycles. The Morgan fingerprint density at radius 1 is 1.45 bits per heavy atom. The third kappa shape index (κ3) is 2.20. The molecule has 0 saturated carbocycles. The summed E-state index contributed by atoms with van der Waals surface area (Å²) in [5.41, 5.74) is -0.300. The number of carbonyl (C=O) groups is 3. The van der Waals surface area contributed by atoms with Crippen LogP contribution in [0.4, 0.5) is 5.69 Å². The summed E-state index contributed by atoms with van der Waals surface area (Å²) in [4.78, 5) is 36.7. The van der Waals surface area contributed by atoms with E-state index < -0.39 is 11.5 Å². The Morgan fingerprint density at radius 2 is 2.10 bits per heavy atom. The minimum atomic E-state index is -1.34. The van der Waals surface area contributed by atoms with Crippen LogP contribution in [0.1, 0.15) is 31.1 Å². The van der Waals surface area contributed by atoms with Crippen LogP contribution >= 0.6 is 11.8 Å². The zero-order chi connectivity index (χ0) is 15.1. The van der Waals surface area contributed by atoms with Gasteiger partial charge in [-0.3, -0.25) is 14.5 Å². The van der Waals surface area contributed by atoms with Crippen molar-refractivity contribution >= 4 is 35.6 Å². The Morgan fingerprint density at radius 3 is 2.65 bits per heavy atom. The van der Waals surface area contributed by atoms with E-state index >= 15 is 0 Å². The molecule has 2 rings (SSSR count). The van der Waals surface area contributed by atoms with E-state index in [-0.39, 0.29) is 11.2 Å². The number of benzene rings is 1. The molecule has 0 aliphatic carbocycles. The van der Waals surface area contributed by atoms with E-state index in [1.54, 1.807) is 25.1 Å². The summed E-state index contributed by atoms with van der Waals surface area (Å²) in [6.07, 6.45) is 0.731. The first-order valence-corrected chi connectivity index (χ1v) is 7.00. The van der Waals surface area contributed by atoms with Crippen molar-refractivity contribution in [3.8, 4) is 0 Å². The fraction of sp³-hybridized carbons (Fsp3) is 0.357. The second kappa shape index (κ2) is 4.94. The summed E-state index contributed by atoms with van der Waals surface area (Å²) >= 11 is 1.34. The van der Waals surface area contributed by atoms with Crippen molar-refractivity contribution < 1.29 is 19.5 Å². The molecule has 1 aliphatic heterocycles. The summed E-state index contributed by atoms with van der Waals surface area (Å²) in [6, 6.07) is 4.89. The highest BCUT2D eigenvalue weighted by molar-refractivity contribution is 8.01. The minimum Gasteiger partial charge on any atom is -0.480 e. The van der Waals surface area contributed by atoms with Gasteiger partial charge in [-0.1, -0.05) is 0 Å². The molecule has 1 aromatic rings. The molecule has 6 heteroatoms. The van der Waals surface area contributed by atoms with E-state index in [0.717, 1.165) is 11.2 Å². The maximum Gasteiger partial charge on any atom is 0.329 e. The summed E-state index contributed by atoms with van der Waals surface area (Å²) in [7, 11) is 0. The van der Waals surface area contributed by atoms with Gasteiger partial charge >= 0.3 is 5.97 Å². The lowest BCUT2D eigenvalue weighted by Crippen LogP contribution is -2.56. The Balaban J connectivity index is 2.61. The van der Waals surface area contributed by atoms with Crippen LogP contribution in [0.2, 0.25) is 0 Å². The van der Waals surface area contributed by atoms with E-state index in [4.69, 9.17) is 0 Å². The smallest absolute Gasteiger partial charge is 0.329 e. The number of nitrogens with zero attached hydrogens (tertiary/aromatic N) is 1. The number of fused-ring (bicyclic) bond motifs is 1. The molecule has 20 heavy (non-hydrogen) atoms. The Bertz CT molecular complexity index is 597. The predicted molar refractivity (Wildman–Crippen MR) is 76.3 cm³/mol. The molecule has 0 spiro atoms. The predicted octanol–water partition coefficient (Wildman–Crippen LogP) is 2.19. The Kier molecular flexibility index (Phi) is 3.60. The lowest BCUT2D eigenvalue weighted by atomic mass is 10.0. The van der Waals surface area contributed by atoms with Gasteiger partial charge in [0.15, 0.2) is 0 Å². The number of amides is 1. The molecule has 0 bridgehead atoms. The molecule has 1 amide bonds. The average molecular weight is 293 g/mol. The number of hydrogen-bond donors (Lipinski definition) is 1. The second-order valence-corrected chi connectivity index (χ2v) is 6.53. The van der Waals surface area contributed by atoms with Crippen LogP contribution in [-0.2, 0) is 9.59 Å². The van der Waals surface area contributed by atoms with E-state index in [1.807, 2.05) is 0 Å². The van der Waals surface area contributed by atoms with E-state index in [0.29, 0.717) is 11.3 Å². The highest BCUT2D eigenvalue weighted by Crippen LogP contribution is 2.42. The van der Waals surface area contributed by atoms with Crippen LogP contribution in [0.3, 0.4) is 0 Å². The zero-order valence-corrected chi connectivity index (χ0v) is 12.2. The average Bonchev–Trinajstić information content (AvgIpc) is 2.39. The number of anilines is 1. The van der Waals surface area contributed by atoms with Crippen LogP contribution < -0.4 is 4.90 Å². The van der Waals surface area contributed by atoms with E-state index in [1.165, 1.54) is 30.5 Å². The number of thioether (sulfide) groups is 1. The van der Waals surface area contributed by atoms with Gasteiger partial charge in [0.25, 0.3) is 0 Å². The molecule has 0 saturated heterocycles. The summed E-state index contributed by atoms with van der Waals surface area (Å²) in [5.74, 6) is -1.32. The van der Waals surface area contributed by atoms with Gasteiger partial charge in [-0.05, 0) is 39.0 Å². The van der Waals surface area contributed by atoms with Gasteiger partial charge in [-0.15, -0.1) is 11.8 Å². The molecule has 0 radical (unpaired) electrons. The van der Waals surface area contributed by atoms with Crippen LogP contribution in [0.15, 0.2) is 23.1 Å². The fourth-order valence-electron chi connectivity index (χ4n) is 2.10. The molecule has 5 nitrogen and oxygen atoms in total. The maximum atomic E-state index is 12.4. The van der Waals surface area contributed by atoms with Crippen LogP contribution in [0.25, 0.3) is 0 Å². The SMILES string of the molecule is CC1Sc2cc(C=O)ccc2N(C(C)(C)C(=O)O)C1=O. The number of carbonyl (C=O) groups excluding carboxylic acids is 2. The topological polar surface area (TPSA) is 74.7 Å². The van der Waals surface area contributed by atoms with Crippen molar-refractivity contribution in [3.63, 3.8) is 0 Å². The van der Waals surface area contributed by atoms with Crippen molar-refractivity contribution in [2.45, 2.75) is 36.5 Å². The van der Waals surface area contributed by atoms with E-state index in [2.05, 4.69) is 0 Å². The molecule has 1 aromatic carbocycles. The van der Waals surface area contributed by atoms with Gasteiger partial charge in [0.1, 0.15) is 11.8 Å². The highest BCUT2D eigenvalue weighted by atomic mass is 32.2. The monoisotopic (exact) mass is 293 g/mol. The lowest BCUT2D eigenvalue weighted by molar-refractivity contribution is -0.143. The number of carboxylic acid groups (broad SMARTS) is 1. The van der Waals surface area contributed by atoms with Crippen molar-refractivity contribution in [3.05, 3.63) is 23.8 Å². The van der Waals surface area contributed by atoms with Crippen molar-refractivity contribution in [2.24, 2.45) is 0 Å². The molecule has 1 heterocycles. The Labute approximate surface area is 121 Å². The standard InChI is InChI=1S/C14H15NO4S/c1-8-12(17)15(14(2,3)13(18)19)10-5-4-9(7-16)6-11(10)20-8/h4-8H,1-3H3,(H,18,19). The van der Waals surface area contributed by atoms with Gasteiger partial charge in [0.05, 0.1) is 10.9 Å². The zero-order valence-electron chi connectivity index (χ0n) is 11.4. The highest BCUT2D eigenvalue weighted by Gasteiger charge is 2.44. The van der Waals surface area contributed by atoms with Crippen LogP contribution in [0.5, 0.6) is 0 Å². The number of hydrogen-bond acceptors (Lipinski definition) is 4. The first kappa shape index (κ1) is 14.6. The molecule has 1 aliphatic rings. The van der Waals surface area contributed by atoms with Crippen molar-refractivity contribution in [2.75, 3.05) is 4.90 Å². The fourth-order valence-corrected chi connectivity index (χ4v) is 3.17. The van der Waals surface area contributed by atoms with Crippen LogP contribution in [-0.4, -0.2) is 34.1 Å². The Hall–Kier alpha value is -1.82. The number of aliphatic carboxylic acids is 1. The summed E-state index contributed by atoms with van der Waals surface area (Å²) in [5, 5.41) is 8.98. The first-order valence-electron chi connectivity index (χ1n) is 6.12. The lowest BCUT2D eigenvalue weighted by Gasteiger charge is -2.40. The van der Waals surface area contributed by atoms with Gasteiger partial charge in [-0.25, -0.2) is 4.79 Å². The van der Waals surface area contributed by atoms with Gasteiger partial charge in [0, 0.05) is 10.5 Å². The van der Waals surface area contributed by atoms with E-state index in [9.17, 15) is 19.5 Å². The third-order valence-electron chi connectivity index (χ3n) is 3.32. The summed E-state index contributed by atoms with van der Waals surface area (Å²) < 4.78 is 0. The number of rotatable bonds is 3. The molecular formula is C14H15NO4S. The molecule has 1 atom stereocenters. The van der Waals surface area contributed by atoms with Gasteiger partial charge in [-0.2, -0.15) is 0 Å². The number of carboxylic acids is 1. The quantitative estimate of drug-likeness (QED) is 0.865. The van der Waals surface area contributed by atoms with Gasteiger partial charge in [0.2, 0.25) is 5.91 Å². The maximum absolute atomic E-state index is 12.4. The molecule has 106 valence electrons. The first-order chi connectivity index (χ1) is 9.28. The van der Waals surface area contributed by atoms with Crippen LogP contribution in [0, 0.1) is 0 Å². The third-order valence-corrected chi connectivity index (χ3v) is 4.45. The van der Waals surface area contributed by atoms with Gasteiger partial charge < -0.3 is 5.11 Å². The second-order valence-electron chi connectivity index (χ2n) is 5.14. The molecule has 0 fully saturated rings. The molecular weight excluding hydrogens is 278 g/mol.